The van der Waals surface area contributed by atoms with Gasteiger partial charge in [0.05, 0.1) is 13.2 Å². The van der Waals surface area contributed by atoms with Crippen LogP contribution in [0.4, 0.5) is 0 Å². The van der Waals surface area contributed by atoms with Crippen molar-refractivity contribution < 1.29 is 13.9 Å². The SMILES string of the molecule is COC(=O)c1ccc(C(C)N2CCC3CCCCC32)o1. The molecule has 20 heavy (non-hydrogen) atoms. The molecule has 110 valence electrons. The zero-order valence-electron chi connectivity index (χ0n) is 12.3. The van der Waals surface area contributed by atoms with Crippen LogP contribution in [0.1, 0.15) is 61.4 Å². The van der Waals surface area contributed by atoms with Crippen LogP contribution in [-0.2, 0) is 4.74 Å². The summed E-state index contributed by atoms with van der Waals surface area (Å²) in [5.74, 6) is 1.63. The summed E-state index contributed by atoms with van der Waals surface area (Å²) in [4.78, 5) is 14.0. The Morgan fingerprint density at radius 2 is 2.15 bits per heavy atom. The number of esters is 1. The fourth-order valence-electron chi connectivity index (χ4n) is 3.87. The zero-order chi connectivity index (χ0) is 14.1. The normalized spacial score (nSPS) is 28.1. The number of carbonyl (C=O) groups excluding carboxylic acids is 1. The van der Waals surface area contributed by atoms with Gasteiger partial charge >= 0.3 is 5.97 Å². The third-order valence-electron chi connectivity index (χ3n) is 4.98. The second-order valence-electron chi connectivity index (χ2n) is 6.01. The van der Waals surface area contributed by atoms with Crippen molar-refractivity contribution >= 4 is 5.97 Å². The van der Waals surface area contributed by atoms with Gasteiger partial charge in [-0.25, -0.2) is 4.79 Å². The van der Waals surface area contributed by atoms with Gasteiger partial charge < -0.3 is 9.15 Å². The molecule has 3 rings (SSSR count). The van der Waals surface area contributed by atoms with Gasteiger partial charge in [0.1, 0.15) is 5.76 Å². The number of ether oxygens (including phenoxy) is 1. The van der Waals surface area contributed by atoms with Crippen LogP contribution >= 0.6 is 0 Å². The first kappa shape index (κ1) is 13.7. The van der Waals surface area contributed by atoms with E-state index in [0.717, 1.165) is 18.2 Å². The standard InChI is InChI=1S/C16H23NO3/c1-11(14-7-8-15(20-14)16(18)19-2)17-10-9-12-5-3-4-6-13(12)17/h7-8,11-13H,3-6,9-10H2,1-2H3. The van der Waals surface area contributed by atoms with Crippen LogP contribution in [0.3, 0.4) is 0 Å². The number of fused-ring (bicyclic) bond motifs is 1. The highest BCUT2D eigenvalue weighted by atomic mass is 16.5. The van der Waals surface area contributed by atoms with Crippen LogP contribution in [0.25, 0.3) is 0 Å². The molecule has 1 aromatic heterocycles. The highest BCUT2D eigenvalue weighted by Crippen LogP contribution is 2.40. The first-order valence-corrected chi connectivity index (χ1v) is 7.64. The molecular weight excluding hydrogens is 254 g/mol. The number of furan rings is 1. The average Bonchev–Trinajstić information content (AvgIpc) is 3.12. The largest absolute Gasteiger partial charge is 0.463 e. The summed E-state index contributed by atoms with van der Waals surface area (Å²) in [5, 5.41) is 0. The first-order valence-electron chi connectivity index (χ1n) is 7.64. The Balaban J connectivity index is 1.73. The lowest BCUT2D eigenvalue weighted by Crippen LogP contribution is -2.36. The monoisotopic (exact) mass is 277 g/mol. The third-order valence-corrected chi connectivity index (χ3v) is 4.98. The molecule has 0 radical (unpaired) electrons. The maximum absolute atomic E-state index is 11.5. The van der Waals surface area contributed by atoms with Gasteiger partial charge in [0.2, 0.25) is 5.76 Å². The van der Waals surface area contributed by atoms with Crippen LogP contribution in [0, 0.1) is 5.92 Å². The fourth-order valence-corrected chi connectivity index (χ4v) is 3.87. The van der Waals surface area contributed by atoms with E-state index in [2.05, 4.69) is 11.8 Å². The van der Waals surface area contributed by atoms with Crippen LogP contribution in [0.15, 0.2) is 16.5 Å². The van der Waals surface area contributed by atoms with Gasteiger partial charge in [-0.1, -0.05) is 12.8 Å². The molecule has 2 heterocycles. The number of likely N-dealkylation sites (tertiary alicyclic amines) is 1. The minimum Gasteiger partial charge on any atom is -0.463 e. The molecule has 1 saturated heterocycles. The highest BCUT2D eigenvalue weighted by Gasteiger charge is 2.38. The summed E-state index contributed by atoms with van der Waals surface area (Å²) >= 11 is 0. The molecule has 0 amide bonds. The smallest absolute Gasteiger partial charge is 0.373 e. The summed E-state index contributed by atoms with van der Waals surface area (Å²) in [7, 11) is 1.38. The average molecular weight is 277 g/mol. The van der Waals surface area contributed by atoms with E-state index in [1.54, 1.807) is 6.07 Å². The summed E-state index contributed by atoms with van der Waals surface area (Å²) in [5.41, 5.74) is 0. The second kappa shape index (κ2) is 5.60. The van der Waals surface area contributed by atoms with E-state index < -0.39 is 5.97 Å². The number of hydrogen-bond donors (Lipinski definition) is 0. The fraction of sp³-hybridized carbons (Fsp3) is 0.688. The molecule has 0 bridgehead atoms. The van der Waals surface area contributed by atoms with Crippen molar-refractivity contribution in [1.29, 1.82) is 0 Å². The Morgan fingerprint density at radius 1 is 1.35 bits per heavy atom. The summed E-state index contributed by atoms with van der Waals surface area (Å²) in [6.45, 7) is 3.32. The van der Waals surface area contributed by atoms with Crippen LogP contribution in [0.2, 0.25) is 0 Å². The van der Waals surface area contributed by atoms with E-state index in [1.165, 1.54) is 39.2 Å². The molecule has 1 saturated carbocycles. The predicted octanol–water partition coefficient (Wildman–Crippen LogP) is 3.39. The summed E-state index contributed by atoms with van der Waals surface area (Å²) in [6, 6.07) is 4.56. The van der Waals surface area contributed by atoms with Crippen molar-refractivity contribution in [3.05, 3.63) is 23.7 Å². The van der Waals surface area contributed by atoms with Crippen molar-refractivity contribution in [3.8, 4) is 0 Å². The maximum Gasteiger partial charge on any atom is 0.373 e. The summed E-state index contributed by atoms with van der Waals surface area (Å²) in [6.07, 6.45) is 6.71. The third kappa shape index (κ3) is 2.37. The van der Waals surface area contributed by atoms with Crippen molar-refractivity contribution in [2.45, 2.75) is 51.1 Å². The van der Waals surface area contributed by atoms with E-state index in [0.29, 0.717) is 11.8 Å². The molecule has 1 aliphatic heterocycles. The van der Waals surface area contributed by atoms with Crippen LogP contribution in [-0.4, -0.2) is 30.6 Å². The lowest BCUT2D eigenvalue weighted by atomic mass is 9.85. The van der Waals surface area contributed by atoms with Crippen molar-refractivity contribution in [3.63, 3.8) is 0 Å². The molecule has 4 heteroatoms. The zero-order valence-corrected chi connectivity index (χ0v) is 12.3. The van der Waals surface area contributed by atoms with E-state index >= 15 is 0 Å². The molecule has 3 atom stereocenters. The van der Waals surface area contributed by atoms with Gasteiger partial charge in [0, 0.05) is 6.04 Å². The predicted molar refractivity (Wildman–Crippen MR) is 75.5 cm³/mol. The second-order valence-corrected chi connectivity index (χ2v) is 6.01. The Bertz CT molecular complexity index is 482. The van der Waals surface area contributed by atoms with Crippen molar-refractivity contribution in [2.24, 2.45) is 5.92 Å². The lowest BCUT2D eigenvalue weighted by Gasteiger charge is -2.34. The first-order chi connectivity index (χ1) is 9.70. The number of carbonyl (C=O) groups is 1. The topological polar surface area (TPSA) is 42.7 Å². The van der Waals surface area contributed by atoms with Crippen LogP contribution in [0.5, 0.6) is 0 Å². The van der Waals surface area contributed by atoms with E-state index in [-0.39, 0.29) is 6.04 Å². The summed E-state index contributed by atoms with van der Waals surface area (Å²) < 4.78 is 10.4. The highest BCUT2D eigenvalue weighted by molar-refractivity contribution is 5.86. The minimum atomic E-state index is -0.402. The van der Waals surface area contributed by atoms with Crippen molar-refractivity contribution in [2.75, 3.05) is 13.7 Å². The Hall–Kier alpha value is -1.29. The molecule has 1 aliphatic carbocycles. The molecule has 0 aromatic carbocycles. The lowest BCUT2D eigenvalue weighted by molar-refractivity contribution is 0.0556. The molecular formula is C16H23NO3. The van der Waals surface area contributed by atoms with E-state index in [4.69, 9.17) is 9.15 Å². The molecule has 2 aliphatic rings. The van der Waals surface area contributed by atoms with Gasteiger partial charge in [-0.05, 0) is 50.8 Å². The molecule has 0 spiro atoms. The number of rotatable bonds is 3. The molecule has 1 aromatic rings. The van der Waals surface area contributed by atoms with Gasteiger partial charge in [-0.3, -0.25) is 4.90 Å². The maximum atomic E-state index is 11.5. The van der Waals surface area contributed by atoms with Crippen LogP contribution < -0.4 is 0 Å². The molecule has 0 N–H and O–H groups in total. The Kier molecular flexibility index (Phi) is 3.83. The van der Waals surface area contributed by atoms with Gasteiger partial charge in [-0.15, -0.1) is 0 Å². The minimum absolute atomic E-state index is 0.238. The number of methoxy groups -OCH3 is 1. The molecule has 4 nitrogen and oxygen atoms in total. The van der Waals surface area contributed by atoms with Gasteiger partial charge in [-0.2, -0.15) is 0 Å². The molecule has 3 unspecified atom stereocenters. The van der Waals surface area contributed by atoms with Gasteiger partial charge in [0.15, 0.2) is 0 Å². The Labute approximate surface area is 120 Å². The van der Waals surface area contributed by atoms with E-state index in [1.807, 2.05) is 6.07 Å². The van der Waals surface area contributed by atoms with Gasteiger partial charge in [0.25, 0.3) is 0 Å². The Morgan fingerprint density at radius 3 is 2.95 bits per heavy atom. The van der Waals surface area contributed by atoms with E-state index in [9.17, 15) is 4.79 Å². The molecule has 2 fully saturated rings. The van der Waals surface area contributed by atoms with Crippen molar-refractivity contribution in [1.82, 2.24) is 4.90 Å². The number of nitrogens with zero attached hydrogens (tertiary/aromatic N) is 1. The number of hydrogen-bond acceptors (Lipinski definition) is 4. The quantitative estimate of drug-likeness (QED) is 0.794.